The number of amides is 1. The predicted molar refractivity (Wildman–Crippen MR) is 123 cm³/mol. The number of benzene rings is 1. The first-order chi connectivity index (χ1) is 15.9. The lowest BCUT2D eigenvalue weighted by molar-refractivity contribution is -0.128. The number of rotatable bonds is 11. The van der Waals surface area contributed by atoms with Crippen molar-refractivity contribution in [3.8, 4) is 5.75 Å². The van der Waals surface area contributed by atoms with Gasteiger partial charge in [-0.2, -0.15) is 0 Å². The van der Waals surface area contributed by atoms with Crippen LogP contribution in [0.4, 0.5) is 4.39 Å². The Morgan fingerprint density at radius 2 is 2.18 bits per heavy atom. The minimum atomic E-state index is -0.738. The summed E-state index contributed by atoms with van der Waals surface area (Å²) in [6, 6.07) is 9.77. The van der Waals surface area contributed by atoms with Gasteiger partial charge >= 0.3 is 0 Å². The summed E-state index contributed by atoms with van der Waals surface area (Å²) in [6.45, 7) is 5.37. The predicted octanol–water partition coefficient (Wildman–Crippen LogP) is 2.31. The van der Waals surface area contributed by atoms with Gasteiger partial charge in [0.25, 0.3) is 12.3 Å². The summed E-state index contributed by atoms with van der Waals surface area (Å²) in [4.78, 5) is 21.2. The van der Waals surface area contributed by atoms with Crippen LogP contribution in [0.1, 0.15) is 31.0 Å². The summed E-state index contributed by atoms with van der Waals surface area (Å²) in [7, 11) is 1.70. The quantitative estimate of drug-likeness (QED) is 0.477. The summed E-state index contributed by atoms with van der Waals surface area (Å²) < 4.78 is 19.8. The van der Waals surface area contributed by atoms with Gasteiger partial charge in [-0.3, -0.25) is 9.78 Å². The molecule has 9 heteroatoms. The zero-order valence-corrected chi connectivity index (χ0v) is 19.3. The number of hydrogen-bond donors (Lipinski definition) is 3. The number of halogens is 1. The van der Waals surface area contributed by atoms with E-state index >= 15 is 0 Å². The van der Waals surface area contributed by atoms with Crippen LogP contribution in [0, 0.1) is 12.7 Å². The molecule has 0 aliphatic carbocycles. The first-order valence-corrected chi connectivity index (χ1v) is 11.1. The molecule has 3 N–H and O–H groups in total. The van der Waals surface area contributed by atoms with Crippen molar-refractivity contribution < 1.29 is 19.0 Å². The third kappa shape index (κ3) is 6.35. The molecule has 0 saturated heterocycles. The zero-order valence-electron chi connectivity index (χ0n) is 19.3. The second kappa shape index (κ2) is 11.5. The van der Waals surface area contributed by atoms with E-state index in [1.807, 2.05) is 30.9 Å². The van der Waals surface area contributed by atoms with Crippen LogP contribution in [0.5, 0.6) is 5.75 Å². The molecule has 0 fully saturated rings. The Hall–Kier alpha value is -3.33. The van der Waals surface area contributed by atoms with Crippen LogP contribution in [0.15, 0.2) is 54.1 Å². The summed E-state index contributed by atoms with van der Waals surface area (Å²) >= 11 is 0. The second-order valence-electron chi connectivity index (χ2n) is 7.96. The Labute approximate surface area is 194 Å². The van der Waals surface area contributed by atoms with Gasteiger partial charge in [0.2, 0.25) is 0 Å². The Morgan fingerprint density at radius 3 is 2.85 bits per heavy atom. The maximum Gasteiger partial charge on any atom is 0.273 e. The average molecular weight is 458 g/mol. The summed E-state index contributed by atoms with van der Waals surface area (Å²) in [6.07, 6.45) is 2.37. The number of pyridine rings is 1. The lowest BCUT2D eigenvalue weighted by atomic mass is 10.2. The first kappa shape index (κ1) is 24.3. The maximum absolute atomic E-state index is 13.8. The van der Waals surface area contributed by atoms with Gasteiger partial charge in [0, 0.05) is 44.7 Å². The number of carbonyl (C=O) groups excluding carboxylic acids is 1. The number of aliphatic hydroxyl groups excluding tert-OH is 1. The molecule has 0 saturated carbocycles. The molecule has 1 atom stereocenters. The third-order valence-corrected chi connectivity index (χ3v) is 5.20. The molecule has 1 aromatic heterocycles. The highest BCUT2D eigenvalue weighted by Gasteiger charge is 2.38. The van der Waals surface area contributed by atoms with E-state index in [4.69, 9.17) is 4.74 Å². The highest BCUT2D eigenvalue weighted by atomic mass is 19.1. The SMILES string of the molecule is CCCNC1=C(C(=O)N(C)CCCO)N(Cc2ccc(C)nc2)C(Oc2cccc(F)c2)N1. The van der Waals surface area contributed by atoms with Gasteiger partial charge in [0.15, 0.2) is 0 Å². The van der Waals surface area contributed by atoms with Gasteiger partial charge in [-0.1, -0.05) is 19.1 Å². The maximum atomic E-state index is 13.8. The second-order valence-corrected chi connectivity index (χ2v) is 7.96. The molecular weight excluding hydrogens is 425 g/mol. The molecule has 1 aromatic carbocycles. The molecule has 0 radical (unpaired) electrons. The fourth-order valence-electron chi connectivity index (χ4n) is 3.45. The molecule has 1 amide bonds. The van der Waals surface area contributed by atoms with Crippen LogP contribution in [0.2, 0.25) is 0 Å². The molecule has 178 valence electrons. The van der Waals surface area contributed by atoms with Crippen molar-refractivity contribution in [3.05, 3.63) is 71.2 Å². The van der Waals surface area contributed by atoms with E-state index in [0.717, 1.165) is 17.7 Å². The highest BCUT2D eigenvalue weighted by Crippen LogP contribution is 2.26. The van der Waals surface area contributed by atoms with Crippen molar-refractivity contribution in [2.75, 3.05) is 26.7 Å². The van der Waals surface area contributed by atoms with Crippen molar-refractivity contribution >= 4 is 5.91 Å². The van der Waals surface area contributed by atoms with Gasteiger partial charge in [-0.15, -0.1) is 0 Å². The smallest absolute Gasteiger partial charge is 0.273 e. The first-order valence-electron chi connectivity index (χ1n) is 11.1. The number of aryl methyl sites for hydroxylation is 1. The zero-order chi connectivity index (χ0) is 23.8. The largest absolute Gasteiger partial charge is 0.452 e. The fourth-order valence-corrected chi connectivity index (χ4v) is 3.45. The molecule has 0 spiro atoms. The lowest BCUT2D eigenvalue weighted by Gasteiger charge is -2.30. The standard InChI is InChI=1S/C24H32FN5O3/c1-4-11-26-22-21(23(32)29(3)12-6-13-31)30(16-18-10-9-17(2)27-15-18)24(28-22)33-20-8-5-7-19(25)14-20/h5,7-10,14-15,24,26,28,31H,4,6,11-13,16H2,1-3H3. The number of carbonyl (C=O) groups is 1. The molecule has 1 aliphatic heterocycles. The number of ether oxygens (including phenoxy) is 1. The molecule has 8 nitrogen and oxygen atoms in total. The van der Waals surface area contributed by atoms with Crippen LogP contribution >= 0.6 is 0 Å². The van der Waals surface area contributed by atoms with Crippen LogP contribution < -0.4 is 15.4 Å². The molecule has 3 rings (SSSR count). The van der Waals surface area contributed by atoms with Crippen LogP contribution in [0.25, 0.3) is 0 Å². The molecule has 2 aromatic rings. The Balaban J connectivity index is 1.95. The Morgan fingerprint density at radius 1 is 1.36 bits per heavy atom. The number of hydrogen-bond acceptors (Lipinski definition) is 7. The molecular formula is C24H32FN5O3. The van der Waals surface area contributed by atoms with Crippen molar-refractivity contribution in [1.29, 1.82) is 0 Å². The van der Waals surface area contributed by atoms with Crippen molar-refractivity contribution in [3.63, 3.8) is 0 Å². The fraction of sp³-hybridized carbons (Fsp3) is 0.417. The number of aromatic nitrogens is 1. The number of nitrogens with one attached hydrogen (secondary N) is 2. The van der Waals surface area contributed by atoms with E-state index in [0.29, 0.717) is 43.3 Å². The van der Waals surface area contributed by atoms with Gasteiger partial charge in [0.1, 0.15) is 23.1 Å². The highest BCUT2D eigenvalue weighted by molar-refractivity contribution is 5.93. The van der Waals surface area contributed by atoms with Crippen molar-refractivity contribution in [2.45, 2.75) is 39.6 Å². The van der Waals surface area contributed by atoms with Crippen LogP contribution in [-0.4, -0.2) is 58.9 Å². The minimum absolute atomic E-state index is 0.0000823. The van der Waals surface area contributed by atoms with E-state index < -0.39 is 12.2 Å². The lowest BCUT2D eigenvalue weighted by Crippen LogP contribution is -2.44. The Bertz CT molecular complexity index is 967. The van der Waals surface area contributed by atoms with E-state index in [1.165, 1.54) is 12.1 Å². The van der Waals surface area contributed by atoms with E-state index in [1.54, 1.807) is 30.3 Å². The molecule has 1 aliphatic rings. The van der Waals surface area contributed by atoms with E-state index in [2.05, 4.69) is 15.6 Å². The number of aliphatic hydroxyl groups is 1. The topological polar surface area (TPSA) is 90.0 Å². The minimum Gasteiger partial charge on any atom is -0.452 e. The van der Waals surface area contributed by atoms with Gasteiger partial charge < -0.3 is 30.3 Å². The third-order valence-electron chi connectivity index (χ3n) is 5.20. The monoisotopic (exact) mass is 457 g/mol. The Kier molecular flexibility index (Phi) is 8.48. The van der Waals surface area contributed by atoms with Gasteiger partial charge in [-0.05, 0) is 43.5 Å². The summed E-state index contributed by atoms with van der Waals surface area (Å²) in [5.41, 5.74) is 2.22. The number of likely N-dealkylation sites (N-methyl/N-ethyl adjacent to an activating group) is 1. The van der Waals surface area contributed by atoms with Gasteiger partial charge in [0.05, 0.1) is 6.54 Å². The van der Waals surface area contributed by atoms with Crippen LogP contribution in [0.3, 0.4) is 0 Å². The van der Waals surface area contributed by atoms with Crippen LogP contribution in [-0.2, 0) is 11.3 Å². The number of nitrogens with zero attached hydrogens (tertiary/aromatic N) is 3. The molecule has 2 heterocycles. The van der Waals surface area contributed by atoms with Crippen molar-refractivity contribution in [1.82, 2.24) is 25.4 Å². The summed E-state index contributed by atoms with van der Waals surface area (Å²) in [5.74, 6) is 0.285. The van der Waals surface area contributed by atoms with Gasteiger partial charge in [-0.25, -0.2) is 4.39 Å². The van der Waals surface area contributed by atoms with E-state index in [9.17, 15) is 14.3 Å². The normalized spacial score (nSPS) is 15.4. The summed E-state index contributed by atoms with van der Waals surface area (Å²) in [5, 5.41) is 15.7. The van der Waals surface area contributed by atoms with E-state index in [-0.39, 0.29) is 12.5 Å². The average Bonchev–Trinajstić information content (AvgIpc) is 3.13. The molecule has 1 unspecified atom stereocenters. The van der Waals surface area contributed by atoms with Crippen molar-refractivity contribution in [2.24, 2.45) is 0 Å². The molecule has 0 bridgehead atoms. The molecule has 33 heavy (non-hydrogen) atoms.